The summed E-state index contributed by atoms with van der Waals surface area (Å²) in [5.74, 6) is -2.87. The summed E-state index contributed by atoms with van der Waals surface area (Å²) < 4.78 is 87.4. The average molecular weight is 525 g/mol. The summed E-state index contributed by atoms with van der Waals surface area (Å²) in [6, 6.07) is 1.45. The summed E-state index contributed by atoms with van der Waals surface area (Å²) in [7, 11) is -1.33. The van der Waals surface area contributed by atoms with Gasteiger partial charge in [-0.25, -0.2) is 4.39 Å². The molecule has 2 N–H and O–H groups in total. The van der Waals surface area contributed by atoms with E-state index in [1.165, 1.54) is 27.7 Å². The molecular weight excluding hydrogens is 493 g/mol. The van der Waals surface area contributed by atoms with Crippen LogP contribution < -0.4 is 10.2 Å². The van der Waals surface area contributed by atoms with Crippen molar-refractivity contribution in [2.75, 3.05) is 6.61 Å². The Bertz CT molecular complexity index is 937. The fourth-order valence-electron chi connectivity index (χ4n) is 3.18. The lowest BCUT2D eigenvalue weighted by Gasteiger charge is -2.34. The molecule has 0 bridgehead atoms. The molecule has 7 nitrogen and oxygen atoms in total. The monoisotopic (exact) mass is 525 g/mol. The van der Waals surface area contributed by atoms with Crippen molar-refractivity contribution in [1.82, 2.24) is 4.72 Å². The Morgan fingerprint density at radius 3 is 2.06 bits per heavy atom. The molecular formula is C22H32BF4NO6S. The standard InChI is InChI=1S/C22H32BF4NO6S/c1-9-32-16(29)12-21(30,28-35(31)18(2,3)4)14-10-13(11-15(17(14)24)22(25,26)27)23-33-19(5,6)20(7,8)34-23/h10-11,28,30H,9,12H2,1-8H3/t21-,35?/m1/s1. The van der Waals surface area contributed by atoms with E-state index in [4.69, 9.17) is 14.0 Å². The first-order valence-electron chi connectivity index (χ1n) is 11.0. The van der Waals surface area contributed by atoms with Crippen molar-refractivity contribution in [3.63, 3.8) is 0 Å². The zero-order valence-electron chi connectivity index (χ0n) is 21.1. The van der Waals surface area contributed by atoms with Crippen LogP contribution in [0.5, 0.6) is 0 Å². The van der Waals surface area contributed by atoms with Gasteiger partial charge in [0.2, 0.25) is 0 Å². The summed E-state index contributed by atoms with van der Waals surface area (Å²) in [5.41, 5.74) is -7.53. The van der Waals surface area contributed by atoms with Crippen LogP contribution in [0.3, 0.4) is 0 Å². The molecule has 2 atom stereocenters. The maximum atomic E-state index is 15.4. The molecule has 1 fully saturated rings. The van der Waals surface area contributed by atoms with E-state index in [-0.39, 0.29) is 12.1 Å². The third-order valence-corrected chi connectivity index (χ3v) is 7.53. The fourth-order valence-corrected chi connectivity index (χ4v) is 3.98. The van der Waals surface area contributed by atoms with Crippen LogP contribution in [-0.4, -0.2) is 45.3 Å². The third kappa shape index (κ3) is 6.50. The second-order valence-electron chi connectivity index (χ2n) is 10.3. The molecule has 0 aliphatic carbocycles. The van der Waals surface area contributed by atoms with Crippen molar-refractivity contribution in [3.8, 4) is 0 Å². The van der Waals surface area contributed by atoms with Crippen molar-refractivity contribution in [1.29, 1.82) is 0 Å². The normalized spacial score (nSPS) is 20.5. The van der Waals surface area contributed by atoms with Gasteiger partial charge in [-0.05, 0) is 66.9 Å². The number of aliphatic hydroxyl groups is 1. The highest BCUT2D eigenvalue weighted by atomic mass is 32.2. The predicted molar refractivity (Wildman–Crippen MR) is 123 cm³/mol. The van der Waals surface area contributed by atoms with Crippen LogP contribution in [0.1, 0.15) is 72.9 Å². The van der Waals surface area contributed by atoms with Crippen LogP contribution in [0, 0.1) is 5.82 Å². The SMILES string of the molecule is CCOC(=O)C[C@](O)(N[S+]([O-])C(C)(C)C)c1cc(B2OC(C)(C)C(C)(C)O2)cc(C(F)(F)F)c1F. The van der Waals surface area contributed by atoms with Gasteiger partial charge in [0.1, 0.15) is 10.6 Å². The second-order valence-corrected chi connectivity index (χ2v) is 12.3. The Morgan fingerprint density at radius 2 is 1.63 bits per heavy atom. The van der Waals surface area contributed by atoms with E-state index in [0.717, 1.165) is 6.07 Å². The van der Waals surface area contributed by atoms with Gasteiger partial charge in [0.15, 0.2) is 5.72 Å². The highest BCUT2D eigenvalue weighted by Gasteiger charge is 2.53. The number of alkyl halides is 3. The van der Waals surface area contributed by atoms with E-state index in [2.05, 4.69) is 4.72 Å². The zero-order valence-corrected chi connectivity index (χ0v) is 21.9. The number of rotatable bonds is 7. The number of carbonyl (C=O) groups is 1. The maximum Gasteiger partial charge on any atom is 0.494 e. The number of benzene rings is 1. The van der Waals surface area contributed by atoms with Gasteiger partial charge in [0.05, 0.1) is 29.8 Å². The number of ether oxygens (including phenoxy) is 1. The summed E-state index contributed by atoms with van der Waals surface area (Å²) >= 11 is -2.12. The quantitative estimate of drug-likeness (QED) is 0.185. The molecule has 13 heteroatoms. The lowest BCUT2D eigenvalue weighted by Crippen LogP contribution is -2.53. The summed E-state index contributed by atoms with van der Waals surface area (Å²) in [6.07, 6.45) is -6.17. The van der Waals surface area contributed by atoms with E-state index in [1.54, 1.807) is 27.7 Å². The molecule has 0 saturated carbocycles. The first-order valence-corrected chi connectivity index (χ1v) is 12.1. The topological polar surface area (TPSA) is 100 Å². The zero-order chi connectivity index (χ0) is 27.2. The molecule has 1 unspecified atom stereocenters. The van der Waals surface area contributed by atoms with E-state index in [0.29, 0.717) is 6.07 Å². The van der Waals surface area contributed by atoms with Gasteiger partial charge in [0.25, 0.3) is 0 Å². The molecule has 2 rings (SSSR count). The molecule has 0 spiro atoms. The summed E-state index contributed by atoms with van der Waals surface area (Å²) in [4.78, 5) is 12.3. The van der Waals surface area contributed by atoms with Gasteiger partial charge < -0.3 is 23.7 Å². The molecule has 1 aromatic rings. The fraction of sp³-hybridized carbons (Fsp3) is 0.682. The Labute approximate surface area is 206 Å². The van der Waals surface area contributed by atoms with Crippen LogP contribution in [0.4, 0.5) is 17.6 Å². The first kappa shape index (κ1) is 29.9. The molecule has 0 amide bonds. The maximum absolute atomic E-state index is 15.4. The minimum atomic E-state index is -5.16. The van der Waals surface area contributed by atoms with Crippen molar-refractivity contribution >= 4 is 29.9 Å². The summed E-state index contributed by atoms with van der Waals surface area (Å²) in [6.45, 7) is 12.7. The second kappa shape index (κ2) is 9.83. The van der Waals surface area contributed by atoms with E-state index >= 15 is 4.39 Å². The van der Waals surface area contributed by atoms with Crippen LogP contribution in [0.2, 0.25) is 0 Å². The Balaban J connectivity index is 2.74. The van der Waals surface area contributed by atoms with Crippen molar-refractivity contribution in [3.05, 3.63) is 29.1 Å². The van der Waals surface area contributed by atoms with Gasteiger partial charge in [-0.15, -0.1) is 4.72 Å². The summed E-state index contributed by atoms with van der Waals surface area (Å²) in [5, 5.41) is 11.4. The van der Waals surface area contributed by atoms with Gasteiger partial charge in [-0.3, -0.25) is 4.79 Å². The molecule has 1 aliphatic heterocycles. The van der Waals surface area contributed by atoms with Gasteiger partial charge in [0, 0.05) is 16.9 Å². The average Bonchev–Trinajstić information content (AvgIpc) is 2.87. The van der Waals surface area contributed by atoms with Crippen molar-refractivity contribution < 1.29 is 46.1 Å². The number of nitrogens with one attached hydrogen (secondary N) is 1. The van der Waals surface area contributed by atoms with Crippen molar-refractivity contribution in [2.45, 2.75) is 89.7 Å². The van der Waals surface area contributed by atoms with Crippen LogP contribution in [0.15, 0.2) is 12.1 Å². The van der Waals surface area contributed by atoms with Gasteiger partial charge in [-0.2, -0.15) is 13.2 Å². The molecule has 0 radical (unpaired) electrons. The number of hydrogen-bond acceptors (Lipinski definition) is 7. The molecule has 1 saturated heterocycles. The molecule has 1 aromatic carbocycles. The number of halogens is 4. The highest BCUT2D eigenvalue weighted by Crippen LogP contribution is 2.39. The number of carbonyl (C=O) groups excluding carboxylic acids is 1. The smallest absolute Gasteiger partial charge is 0.494 e. The van der Waals surface area contributed by atoms with Crippen molar-refractivity contribution in [2.24, 2.45) is 0 Å². The lowest BCUT2D eigenvalue weighted by molar-refractivity contribution is -0.149. The van der Waals surface area contributed by atoms with Crippen LogP contribution in [0.25, 0.3) is 0 Å². The van der Waals surface area contributed by atoms with E-state index < -0.39 is 75.7 Å². The Kier molecular flexibility index (Phi) is 8.38. The first-order chi connectivity index (χ1) is 15.6. The molecule has 0 aromatic heterocycles. The molecule has 198 valence electrons. The molecule has 35 heavy (non-hydrogen) atoms. The van der Waals surface area contributed by atoms with E-state index in [1.807, 2.05) is 0 Å². The van der Waals surface area contributed by atoms with Crippen LogP contribution in [-0.2, 0) is 42.1 Å². The predicted octanol–water partition coefficient (Wildman–Crippen LogP) is 3.29. The highest BCUT2D eigenvalue weighted by molar-refractivity contribution is 7.90. The number of hydrogen-bond donors (Lipinski definition) is 2. The minimum Gasteiger partial charge on any atom is -0.598 e. The van der Waals surface area contributed by atoms with Crippen LogP contribution >= 0.6 is 0 Å². The van der Waals surface area contributed by atoms with E-state index in [9.17, 15) is 27.6 Å². The Hall–Kier alpha value is -1.38. The third-order valence-electron chi connectivity index (χ3n) is 5.89. The van der Waals surface area contributed by atoms with Gasteiger partial charge >= 0.3 is 19.3 Å². The largest absolute Gasteiger partial charge is 0.598 e. The van der Waals surface area contributed by atoms with Gasteiger partial charge in [-0.1, -0.05) is 6.07 Å². The molecule has 1 aliphatic rings. The Morgan fingerprint density at radius 1 is 1.14 bits per heavy atom. The lowest BCUT2D eigenvalue weighted by atomic mass is 9.76. The number of esters is 1. The minimum absolute atomic E-state index is 0.0957. The molecule has 1 heterocycles.